The van der Waals surface area contributed by atoms with Gasteiger partial charge in [-0.05, 0) is 19.8 Å². The Morgan fingerprint density at radius 1 is 1.12 bits per heavy atom. The minimum Gasteiger partial charge on any atom is -0.396 e. The Hall–Kier alpha value is -0.390. The van der Waals surface area contributed by atoms with Crippen LogP contribution in [0.25, 0.3) is 0 Å². The molecule has 0 atom stereocenters. The molecule has 0 aliphatic carbocycles. The maximum absolute atomic E-state index is 9.95. The third-order valence-corrected chi connectivity index (χ3v) is 2.32. The van der Waals surface area contributed by atoms with E-state index >= 15 is 0 Å². The first-order valence-corrected chi connectivity index (χ1v) is 7.63. The van der Waals surface area contributed by atoms with Crippen molar-refractivity contribution in [1.29, 1.82) is 0 Å². The number of unbranched alkanes of at least 4 members (excludes halogenated alkanes) is 3. The highest BCUT2D eigenvalue weighted by Crippen LogP contribution is 1.90. The highest BCUT2D eigenvalue weighted by molar-refractivity contribution is 7.85. The number of hydrogen-bond donors (Lipinski definition) is 2. The second kappa shape index (κ2) is 18.0. The number of aliphatic hydroxyl groups excluding tert-OH is 1. The highest BCUT2D eigenvalue weighted by atomic mass is 32.2. The van der Waals surface area contributed by atoms with E-state index in [4.69, 9.17) is 9.66 Å². The molecule has 0 spiro atoms. The molecule has 2 N–H and O–H groups in total. The van der Waals surface area contributed by atoms with Crippen LogP contribution in [0, 0.1) is 0 Å². The van der Waals surface area contributed by atoms with Crippen molar-refractivity contribution in [1.82, 2.24) is 0 Å². The molecule has 5 heteroatoms. The summed E-state index contributed by atoms with van der Waals surface area (Å²) in [6.45, 7) is 9.59. The zero-order chi connectivity index (χ0) is 14.2. The van der Waals surface area contributed by atoms with Crippen molar-refractivity contribution >= 4 is 10.1 Å². The van der Waals surface area contributed by atoms with Crippen LogP contribution >= 0.6 is 0 Å². The molecule has 0 radical (unpaired) electrons. The van der Waals surface area contributed by atoms with Crippen LogP contribution in [0.4, 0.5) is 0 Å². The Morgan fingerprint density at radius 3 is 1.65 bits per heavy atom. The van der Waals surface area contributed by atoms with Gasteiger partial charge < -0.3 is 5.11 Å². The quantitative estimate of drug-likeness (QED) is 0.441. The summed E-state index contributed by atoms with van der Waals surface area (Å²) in [6, 6.07) is 0. The summed E-state index contributed by atoms with van der Waals surface area (Å²) in [5.41, 5.74) is 0. The SMILES string of the molecule is C=CC.CCCCCO.CCCCS(=O)(=O)O. The van der Waals surface area contributed by atoms with Crippen LogP contribution in [0.5, 0.6) is 0 Å². The summed E-state index contributed by atoms with van der Waals surface area (Å²) in [5, 5.41) is 8.20. The highest BCUT2D eigenvalue weighted by Gasteiger charge is 2.00. The van der Waals surface area contributed by atoms with Gasteiger partial charge in [0.1, 0.15) is 0 Å². The van der Waals surface area contributed by atoms with Gasteiger partial charge in [-0.3, -0.25) is 4.55 Å². The summed E-state index contributed by atoms with van der Waals surface area (Å²) >= 11 is 0. The molecule has 0 saturated heterocycles. The molecule has 0 aromatic rings. The second-order valence-corrected chi connectivity index (χ2v) is 5.05. The van der Waals surface area contributed by atoms with Crippen LogP contribution in [0.15, 0.2) is 12.7 Å². The van der Waals surface area contributed by atoms with Crippen molar-refractivity contribution in [2.24, 2.45) is 0 Å². The van der Waals surface area contributed by atoms with E-state index in [9.17, 15) is 8.42 Å². The molecule has 0 aliphatic heterocycles. The molecule has 0 rings (SSSR count). The largest absolute Gasteiger partial charge is 0.396 e. The zero-order valence-electron chi connectivity index (χ0n) is 11.4. The predicted octanol–water partition coefficient (Wildman–Crippen LogP) is 3.04. The monoisotopic (exact) mass is 268 g/mol. The van der Waals surface area contributed by atoms with Crippen LogP contribution in [-0.4, -0.2) is 30.4 Å². The number of hydrogen-bond acceptors (Lipinski definition) is 3. The van der Waals surface area contributed by atoms with E-state index in [0.717, 1.165) is 19.3 Å². The van der Waals surface area contributed by atoms with Crippen molar-refractivity contribution in [2.45, 2.75) is 52.9 Å². The van der Waals surface area contributed by atoms with E-state index in [1.165, 1.54) is 6.42 Å². The van der Waals surface area contributed by atoms with Gasteiger partial charge in [0, 0.05) is 6.61 Å². The van der Waals surface area contributed by atoms with Gasteiger partial charge in [-0.25, -0.2) is 0 Å². The van der Waals surface area contributed by atoms with Gasteiger partial charge >= 0.3 is 0 Å². The number of allylic oxidation sites excluding steroid dienone is 1. The summed E-state index contributed by atoms with van der Waals surface area (Å²) in [6.07, 6.45) is 6.41. The Bertz CT molecular complexity index is 219. The molecule has 4 nitrogen and oxygen atoms in total. The Morgan fingerprint density at radius 2 is 1.53 bits per heavy atom. The van der Waals surface area contributed by atoms with Gasteiger partial charge in [0.2, 0.25) is 0 Å². The molecule has 0 bridgehead atoms. The topological polar surface area (TPSA) is 74.6 Å². The molecule has 0 amide bonds. The molecule has 17 heavy (non-hydrogen) atoms. The third-order valence-electron chi connectivity index (χ3n) is 1.52. The van der Waals surface area contributed by atoms with Crippen molar-refractivity contribution in [3.8, 4) is 0 Å². The minimum absolute atomic E-state index is 0.108. The molecule has 0 fully saturated rings. The smallest absolute Gasteiger partial charge is 0.264 e. The molecule has 0 aromatic carbocycles. The number of rotatable bonds is 6. The fourth-order valence-corrected chi connectivity index (χ4v) is 1.34. The molecular formula is C12H28O4S. The molecule has 0 unspecified atom stereocenters. The first-order chi connectivity index (χ1) is 7.89. The lowest BCUT2D eigenvalue weighted by molar-refractivity contribution is 0.284. The summed E-state index contributed by atoms with van der Waals surface area (Å²) in [7, 11) is -3.69. The van der Waals surface area contributed by atoms with Crippen LogP contribution in [-0.2, 0) is 10.1 Å². The van der Waals surface area contributed by atoms with Gasteiger partial charge in [0.05, 0.1) is 5.75 Å². The second-order valence-electron chi connectivity index (χ2n) is 3.48. The zero-order valence-corrected chi connectivity index (χ0v) is 12.2. The van der Waals surface area contributed by atoms with Gasteiger partial charge in [-0.1, -0.05) is 39.2 Å². The molecular weight excluding hydrogens is 240 g/mol. The Balaban J connectivity index is -0.000000193. The van der Waals surface area contributed by atoms with Crippen molar-refractivity contribution in [2.75, 3.05) is 12.4 Å². The van der Waals surface area contributed by atoms with Crippen molar-refractivity contribution < 1.29 is 18.1 Å². The average molecular weight is 268 g/mol. The standard InChI is InChI=1S/C5H12O.C4H10O3S.C3H6/c1-2-3-4-5-6;1-2-3-4-8(5,6)7;1-3-2/h6H,2-5H2,1H3;2-4H2,1H3,(H,5,6,7);3H,1H2,2H3. The lowest BCUT2D eigenvalue weighted by Crippen LogP contribution is -2.02. The fraction of sp³-hybridized carbons (Fsp3) is 0.833. The fourth-order valence-electron chi connectivity index (χ4n) is 0.689. The van der Waals surface area contributed by atoms with Crippen LogP contribution in [0.1, 0.15) is 52.9 Å². The predicted molar refractivity (Wildman–Crippen MR) is 73.8 cm³/mol. The van der Waals surface area contributed by atoms with E-state index in [0.29, 0.717) is 13.0 Å². The lowest BCUT2D eigenvalue weighted by Gasteiger charge is -1.90. The van der Waals surface area contributed by atoms with E-state index in [1.807, 2.05) is 13.8 Å². The number of aliphatic hydroxyl groups is 1. The minimum atomic E-state index is -3.69. The van der Waals surface area contributed by atoms with Crippen molar-refractivity contribution in [3.63, 3.8) is 0 Å². The molecule has 0 aliphatic rings. The normalized spacial score (nSPS) is 9.47. The maximum Gasteiger partial charge on any atom is 0.264 e. The van der Waals surface area contributed by atoms with Crippen LogP contribution in [0.2, 0.25) is 0 Å². The van der Waals surface area contributed by atoms with Crippen LogP contribution < -0.4 is 0 Å². The first-order valence-electron chi connectivity index (χ1n) is 6.02. The average Bonchev–Trinajstić information content (AvgIpc) is 2.24. The molecule has 106 valence electrons. The summed E-state index contributed by atoms with van der Waals surface area (Å²) in [4.78, 5) is 0. The Kier molecular flexibility index (Phi) is 23.1. The van der Waals surface area contributed by atoms with Gasteiger partial charge in [-0.15, -0.1) is 6.58 Å². The molecule has 0 heterocycles. The van der Waals surface area contributed by atoms with Crippen molar-refractivity contribution in [3.05, 3.63) is 12.7 Å². The lowest BCUT2D eigenvalue weighted by atomic mass is 10.3. The van der Waals surface area contributed by atoms with Gasteiger partial charge in [-0.2, -0.15) is 8.42 Å². The summed E-state index contributed by atoms with van der Waals surface area (Å²) in [5.74, 6) is -0.108. The first kappa shape index (κ1) is 21.9. The van der Waals surface area contributed by atoms with Gasteiger partial charge in [0.25, 0.3) is 10.1 Å². The van der Waals surface area contributed by atoms with Crippen LogP contribution in [0.3, 0.4) is 0 Å². The van der Waals surface area contributed by atoms with E-state index < -0.39 is 10.1 Å². The van der Waals surface area contributed by atoms with E-state index in [1.54, 1.807) is 6.08 Å². The van der Waals surface area contributed by atoms with E-state index in [2.05, 4.69) is 13.5 Å². The van der Waals surface area contributed by atoms with Gasteiger partial charge in [0.15, 0.2) is 0 Å². The maximum atomic E-state index is 9.95. The Labute approximate surface area is 106 Å². The molecule has 0 aromatic heterocycles. The third kappa shape index (κ3) is 49.9. The summed E-state index contributed by atoms with van der Waals surface area (Å²) < 4.78 is 28.0. The molecule has 0 saturated carbocycles. The van der Waals surface area contributed by atoms with E-state index in [-0.39, 0.29) is 5.75 Å².